The minimum Gasteiger partial charge on any atom is -0.496 e. The summed E-state index contributed by atoms with van der Waals surface area (Å²) in [4.78, 5) is 26.9. The molecule has 0 unspecified atom stereocenters. The van der Waals surface area contributed by atoms with Crippen LogP contribution in [-0.4, -0.2) is 40.4 Å². The Hall–Kier alpha value is -3.85. The van der Waals surface area contributed by atoms with Crippen LogP contribution in [0.25, 0.3) is 0 Å². The molecule has 0 radical (unpaired) electrons. The number of nitrogens with one attached hydrogen (secondary N) is 1. The summed E-state index contributed by atoms with van der Waals surface area (Å²) >= 11 is 0. The summed E-state index contributed by atoms with van der Waals surface area (Å²) in [5.74, 6) is -0.302. The van der Waals surface area contributed by atoms with Gasteiger partial charge < -0.3 is 10.1 Å². The predicted molar refractivity (Wildman–Crippen MR) is 126 cm³/mol. The summed E-state index contributed by atoms with van der Waals surface area (Å²) in [6.07, 6.45) is 0. The van der Waals surface area contributed by atoms with Crippen molar-refractivity contribution in [2.75, 3.05) is 34.7 Å². The van der Waals surface area contributed by atoms with E-state index in [0.29, 0.717) is 28.4 Å². The SMILES string of the molecule is COc1ccc(S(=O)(=O)N(CC(=O)N2CC(=O)Nc3ccccc32)c2ccccc2)cc1C. The third kappa shape index (κ3) is 4.40. The second-order valence-corrected chi connectivity index (χ2v) is 9.39. The molecule has 1 N–H and O–H groups in total. The number of sulfonamides is 1. The van der Waals surface area contributed by atoms with Gasteiger partial charge in [-0.3, -0.25) is 18.8 Å². The van der Waals surface area contributed by atoms with Crippen molar-refractivity contribution in [1.82, 2.24) is 0 Å². The molecule has 3 aromatic carbocycles. The van der Waals surface area contributed by atoms with Gasteiger partial charge in [-0.25, -0.2) is 8.42 Å². The molecule has 0 bridgehead atoms. The molecule has 0 fully saturated rings. The third-order valence-electron chi connectivity index (χ3n) is 5.35. The fourth-order valence-electron chi connectivity index (χ4n) is 3.71. The molecule has 33 heavy (non-hydrogen) atoms. The Morgan fingerprint density at radius 3 is 2.45 bits per heavy atom. The van der Waals surface area contributed by atoms with E-state index in [9.17, 15) is 18.0 Å². The Balaban J connectivity index is 1.73. The molecule has 2 amide bonds. The van der Waals surface area contributed by atoms with Crippen LogP contribution in [0.3, 0.4) is 0 Å². The van der Waals surface area contributed by atoms with Crippen molar-refractivity contribution in [2.24, 2.45) is 0 Å². The van der Waals surface area contributed by atoms with E-state index in [-0.39, 0.29) is 17.3 Å². The van der Waals surface area contributed by atoms with Crippen molar-refractivity contribution in [3.8, 4) is 5.75 Å². The fourth-order valence-corrected chi connectivity index (χ4v) is 5.21. The van der Waals surface area contributed by atoms with Gasteiger partial charge in [-0.15, -0.1) is 0 Å². The standard InChI is InChI=1S/C24H23N3O5S/c1-17-14-19(12-13-22(17)32-2)33(30,31)27(18-8-4-3-5-9-18)16-24(29)26-15-23(28)25-20-10-6-7-11-21(20)26/h3-14H,15-16H2,1-2H3,(H,25,28). The van der Waals surface area contributed by atoms with Gasteiger partial charge in [0.15, 0.2) is 0 Å². The number of nitrogens with zero attached hydrogens (tertiary/aromatic N) is 2. The Kier molecular flexibility index (Phi) is 6.06. The van der Waals surface area contributed by atoms with Crippen molar-refractivity contribution < 1.29 is 22.7 Å². The summed E-state index contributed by atoms with van der Waals surface area (Å²) in [5.41, 5.74) is 2.02. The van der Waals surface area contributed by atoms with E-state index in [1.807, 2.05) is 0 Å². The zero-order valence-electron chi connectivity index (χ0n) is 18.2. The number of ether oxygens (including phenoxy) is 1. The monoisotopic (exact) mass is 465 g/mol. The van der Waals surface area contributed by atoms with Gasteiger partial charge in [-0.05, 0) is 55.0 Å². The summed E-state index contributed by atoms with van der Waals surface area (Å²) in [7, 11) is -2.58. The maximum absolute atomic E-state index is 13.6. The maximum atomic E-state index is 13.6. The van der Waals surface area contributed by atoms with E-state index in [1.54, 1.807) is 67.6 Å². The molecule has 0 atom stereocenters. The van der Waals surface area contributed by atoms with Gasteiger partial charge in [-0.2, -0.15) is 0 Å². The van der Waals surface area contributed by atoms with Crippen LogP contribution in [0.4, 0.5) is 17.1 Å². The second-order valence-electron chi connectivity index (χ2n) is 7.52. The van der Waals surface area contributed by atoms with Crippen molar-refractivity contribution >= 4 is 38.9 Å². The van der Waals surface area contributed by atoms with Crippen LogP contribution >= 0.6 is 0 Å². The number of anilines is 3. The predicted octanol–water partition coefficient (Wildman–Crippen LogP) is 3.18. The molecule has 1 heterocycles. The van der Waals surface area contributed by atoms with Crippen LogP contribution in [-0.2, 0) is 19.6 Å². The number of fused-ring (bicyclic) bond motifs is 1. The number of benzene rings is 3. The van der Waals surface area contributed by atoms with Gasteiger partial charge in [0.2, 0.25) is 11.8 Å². The summed E-state index contributed by atoms with van der Waals surface area (Å²) < 4.78 is 33.6. The topological polar surface area (TPSA) is 96.0 Å². The Labute approximate surface area is 192 Å². The molecule has 4 rings (SSSR count). The Morgan fingerprint density at radius 1 is 1.06 bits per heavy atom. The normalized spacial score (nSPS) is 13.2. The van der Waals surface area contributed by atoms with Crippen LogP contribution in [0, 0.1) is 6.92 Å². The van der Waals surface area contributed by atoms with Gasteiger partial charge in [0.05, 0.1) is 29.1 Å². The first kappa shape index (κ1) is 22.3. The number of carbonyl (C=O) groups excluding carboxylic acids is 2. The largest absolute Gasteiger partial charge is 0.496 e. The summed E-state index contributed by atoms with van der Waals surface area (Å²) in [6, 6.07) is 19.9. The fraction of sp³-hybridized carbons (Fsp3) is 0.167. The average molecular weight is 466 g/mol. The number of hydrogen-bond donors (Lipinski definition) is 1. The molecule has 3 aromatic rings. The highest BCUT2D eigenvalue weighted by atomic mass is 32.2. The lowest BCUT2D eigenvalue weighted by Crippen LogP contribution is -2.48. The maximum Gasteiger partial charge on any atom is 0.264 e. The highest BCUT2D eigenvalue weighted by Gasteiger charge is 2.32. The second kappa shape index (κ2) is 8.95. The highest BCUT2D eigenvalue weighted by Crippen LogP contribution is 2.31. The minimum atomic E-state index is -4.10. The number of methoxy groups -OCH3 is 1. The van der Waals surface area contributed by atoms with Crippen molar-refractivity contribution in [2.45, 2.75) is 11.8 Å². The van der Waals surface area contributed by atoms with E-state index in [1.165, 1.54) is 24.1 Å². The van der Waals surface area contributed by atoms with E-state index in [2.05, 4.69) is 5.32 Å². The Bertz CT molecular complexity index is 1310. The van der Waals surface area contributed by atoms with Gasteiger partial charge in [0.25, 0.3) is 10.0 Å². The number of amides is 2. The van der Waals surface area contributed by atoms with Gasteiger partial charge in [0, 0.05) is 0 Å². The minimum absolute atomic E-state index is 0.0363. The van der Waals surface area contributed by atoms with E-state index in [4.69, 9.17) is 4.74 Å². The quantitative estimate of drug-likeness (QED) is 0.603. The van der Waals surface area contributed by atoms with Crippen LogP contribution in [0.2, 0.25) is 0 Å². The van der Waals surface area contributed by atoms with Crippen LogP contribution in [0.5, 0.6) is 5.75 Å². The number of hydrogen-bond acceptors (Lipinski definition) is 5. The lowest BCUT2D eigenvalue weighted by Gasteiger charge is -2.32. The molecule has 1 aliphatic heterocycles. The molecule has 0 aromatic heterocycles. The van der Waals surface area contributed by atoms with Crippen LogP contribution in [0.15, 0.2) is 77.7 Å². The van der Waals surface area contributed by atoms with E-state index >= 15 is 0 Å². The molecule has 9 heteroatoms. The summed E-state index contributed by atoms with van der Waals surface area (Å²) in [5, 5.41) is 2.73. The average Bonchev–Trinajstić information content (AvgIpc) is 2.82. The van der Waals surface area contributed by atoms with Gasteiger partial charge in [-0.1, -0.05) is 30.3 Å². The lowest BCUT2D eigenvalue weighted by atomic mass is 10.2. The smallest absolute Gasteiger partial charge is 0.264 e. The van der Waals surface area contributed by atoms with E-state index in [0.717, 1.165) is 4.31 Å². The molecular weight excluding hydrogens is 442 g/mol. The number of aryl methyl sites for hydroxylation is 1. The first-order valence-electron chi connectivity index (χ1n) is 10.2. The van der Waals surface area contributed by atoms with Crippen molar-refractivity contribution in [3.05, 3.63) is 78.4 Å². The molecule has 0 saturated heterocycles. The first-order chi connectivity index (χ1) is 15.8. The molecule has 1 aliphatic rings. The van der Waals surface area contributed by atoms with Crippen LogP contribution in [0.1, 0.15) is 5.56 Å². The molecule has 0 aliphatic carbocycles. The van der Waals surface area contributed by atoms with Gasteiger partial charge >= 0.3 is 0 Å². The van der Waals surface area contributed by atoms with Gasteiger partial charge in [0.1, 0.15) is 18.8 Å². The van der Waals surface area contributed by atoms with Crippen molar-refractivity contribution in [1.29, 1.82) is 0 Å². The zero-order valence-corrected chi connectivity index (χ0v) is 19.0. The van der Waals surface area contributed by atoms with E-state index < -0.39 is 22.5 Å². The third-order valence-corrected chi connectivity index (χ3v) is 7.12. The number of carbonyl (C=O) groups is 2. The molecular formula is C24H23N3O5S. The first-order valence-corrected chi connectivity index (χ1v) is 11.7. The van der Waals surface area contributed by atoms with Crippen LogP contribution < -0.4 is 19.3 Å². The molecule has 8 nitrogen and oxygen atoms in total. The number of rotatable bonds is 6. The number of para-hydroxylation sites is 3. The molecule has 0 spiro atoms. The Morgan fingerprint density at radius 2 is 1.76 bits per heavy atom. The summed E-state index contributed by atoms with van der Waals surface area (Å²) in [6.45, 7) is 1.08. The lowest BCUT2D eigenvalue weighted by molar-refractivity contribution is -0.121. The molecule has 0 saturated carbocycles. The molecule has 170 valence electrons. The highest BCUT2D eigenvalue weighted by molar-refractivity contribution is 7.92. The zero-order chi connectivity index (χ0) is 23.6. The van der Waals surface area contributed by atoms with Crippen molar-refractivity contribution in [3.63, 3.8) is 0 Å².